The minimum Gasteiger partial charge on any atom is -0.384 e. The molecule has 0 saturated heterocycles. The third-order valence-corrected chi connectivity index (χ3v) is 2.44. The topological polar surface area (TPSA) is 72.0 Å². The standard InChI is InChI=1S/C11H10ClN3O/c12-8-5-9(11(13)15-6-8)10(16)7-1-3-14-4-2-7/h1-6,10,16H,(H2,13,15). The van der Waals surface area contributed by atoms with Crippen molar-refractivity contribution in [2.75, 3.05) is 5.73 Å². The van der Waals surface area contributed by atoms with Crippen LogP contribution in [0.2, 0.25) is 5.02 Å². The van der Waals surface area contributed by atoms with Crippen LogP contribution in [0.25, 0.3) is 0 Å². The highest BCUT2D eigenvalue weighted by Gasteiger charge is 2.14. The zero-order valence-corrected chi connectivity index (χ0v) is 9.09. The molecule has 0 bridgehead atoms. The van der Waals surface area contributed by atoms with E-state index >= 15 is 0 Å². The summed E-state index contributed by atoms with van der Waals surface area (Å²) in [6, 6.07) is 5.03. The predicted molar refractivity (Wildman–Crippen MR) is 62.0 cm³/mol. The summed E-state index contributed by atoms with van der Waals surface area (Å²) >= 11 is 5.81. The molecule has 0 saturated carbocycles. The summed E-state index contributed by atoms with van der Waals surface area (Å²) in [6.07, 6.45) is 3.81. The van der Waals surface area contributed by atoms with Crippen LogP contribution in [0.1, 0.15) is 17.2 Å². The van der Waals surface area contributed by atoms with E-state index < -0.39 is 6.10 Å². The van der Waals surface area contributed by atoms with Gasteiger partial charge in [0.1, 0.15) is 11.9 Å². The Balaban J connectivity index is 2.41. The molecule has 2 aromatic heterocycles. The fourth-order valence-electron chi connectivity index (χ4n) is 1.41. The molecule has 0 amide bonds. The van der Waals surface area contributed by atoms with Crippen LogP contribution in [-0.2, 0) is 0 Å². The smallest absolute Gasteiger partial charge is 0.129 e. The highest BCUT2D eigenvalue weighted by molar-refractivity contribution is 6.30. The third kappa shape index (κ3) is 2.13. The fourth-order valence-corrected chi connectivity index (χ4v) is 1.58. The Kier molecular flexibility index (Phi) is 3.03. The van der Waals surface area contributed by atoms with Gasteiger partial charge in [-0.1, -0.05) is 11.6 Å². The molecule has 82 valence electrons. The Hall–Kier alpha value is -1.65. The second-order valence-corrected chi connectivity index (χ2v) is 3.75. The maximum atomic E-state index is 10.1. The second kappa shape index (κ2) is 4.47. The third-order valence-electron chi connectivity index (χ3n) is 2.23. The Morgan fingerprint density at radius 3 is 2.69 bits per heavy atom. The van der Waals surface area contributed by atoms with Crippen molar-refractivity contribution in [3.05, 3.63) is 52.9 Å². The van der Waals surface area contributed by atoms with Gasteiger partial charge in [-0.25, -0.2) is 4.98 Å². The maximum absolute atomic E-state index is 10.1. The molecule has 5 heteroatoms. The number of nitrogens with zero attached hydrogens (tertiary/aromatic N) is 2. The van der Waals surface area contributed by atoms with Gasteiger partial charge in [0, 0.05) is 24.2 Å². The highest BCUT2D eigenvalue weighted by atomic mass is 35.5. The van der Waals surface area contributed by atoms with E-state index in [1.54, 1.807) is 30.6 Å². The molecule has 16 heavy (non-hydrogen) atoms. The van der Waals surface area contributed by atoms with Crippen LogP contribution in [0.4, 0.5) is 5.82 Å². The van der Waals surface area contributed by atoms with E-state index in [2.05, 4.69) is 9.97 Å². The van der Waals surface area contributed by atoms with E-state index in [-0.39, 0.29) is 5.82 Å². The molecule has 0 fully saturated rings. The number of rotatable bonds is 2. The van der Waals surface area contributed by atoms with Gasteiger partial charge in [-0.2, -0.15) is 0 Å². The highest BCUT2D eigenvalue weighted by Crippen LogP contribution is 2.26. The minimum atomic E-state index is -0.839. The normalized spacial score (nSPS) is 12.4. The van der Waals surface area contributed by atoms with Crippen molar-refractivity contribution < 1.29 is 5.11 Å². The van der Waals surface area contributed by atoms with Crippen molar-refractivity contribution in [3.8, 4) is 0 Å². The number of aromatic nitrogens is 2. The Morgan fingerprint density at radius 1 is 1.31 bits per heavy atom. The van der Waals surface area contributed by atoms with Crippen LogP contribution in [0.15, 0.2) is 36.8 Å². The average Bonchev–Trinajstić information content (AvgIpc) is 2.32. The number of halogens is 1. The van der Waals surface area contributed by atoms with Gasteiger partial charge < -0.3 is 10.8 Å². The van der Waals surface area contributed by atoms with Crippen LogP contribution in [0.5, 0.6) is 0 Å². The molecule has 0 aliphatic heterocycles. The molecule has 0 aliphatic carbocycles. The molecule has 2 aromatic rings. The van der Waals surface area contributed by atoms with E-state index in [0.717, 1.165) is 0 Å². The Labute approximate surface area is 97.7 Å². The van der Waals surface area contributed by atoms with E-state index in [1.807, 2.05) is 0 Å². The summed E-state index contributed by atoms with van der Waals surface area (Å²) in [4.78, 5) is 7.77. The van der Waals surface area contributed by atoms with Crippen molar-refractivity contribution in [3.63, 3.8) is 0 Å². The summed E-state index contributed by atoms with van der Waals surface area (Å²) in [5, 5.41) is 10.5. The molecule has 0 spiro atoms. The minimum absolute atomic E-state index is 0.272. The zero-order chi connectivity index (χ0) is 11.5. The van der Waals surface area contributed by atoms with Gasteiger partial charge >= 0.3 is 0 Å². The monoisotopic (exact) mass is 235 g/mol. The number of anilines is 1. The fraction of sp³-hybridized carbons (Fsp3) is 0.0909. The first-order valence-corrected chi connectivity index (χ1v) is 5.05. The average molecular weight is 236 g/mol. The number of aliphatic hydroxyl groups excluding tert-OH is 1. The van der Waals surface area contributed by atoms with Gasteiger partial charge in [0.2, 0.25) is 0 Å². The lowest BCUT2D eigenvalue weighted by Gasteiger charge is -2.12. The lowest BCUT2D eigenvalue weighted by atomic mass is 10.0. The SMILES string of the molecule is Nc1ncc(Cl)cc1C(O)c1ccncc1. The van der Waals surface area contributed by atoms with Crippen LogP contribution in [-0.4, -0.2) is 15.1 Å². The van der Waals surface area contributed by atoms with Crippen LogP contribution < -0.4 is 5.73 Å². The number of hydrogen-bond acceptors (Lipinski definition) is 4. The van der Waals surface area contributed by atoms with Gasteiger partial charge in [-0.3, -0.25) is 4.98 Å². The first kappa shape index (κ1) is 10.9. The second-order valence-electron chi connectivity index (χ2n) is 3.31. The number of hydrogen-bond donors (Lipinski definition) is 2. The van der Waals surface area contributed by atoms with Crippen molar-refractivity contribution in [1.29, 1.82) is 0 Å². The molecule has 4 nitrogen and oxygen atoms in total. The number of nitrogens with two attached hydrogens (primary N) is 1. The molecular weight excluding hydrogens is 226 g/mol. The Bertz CT molecular complexity index is 490. The van der Waals surface area contributed by atoms with Gasteiger partial charge in [0.25, 0.3) is 0 Å². The zero-order valence-electron chi connectivity index (χ0n) is 8.34. The maximum Gasteiger partial charge on any atom is 0.129 e. The van der Waals surface area contributed by atoms with Gasteiger partial charge in [-0.15, -0.1) is 0 Å². The van der Waals surface area contributed by atoms with Crippen molar-refractivity contribution >= 4 is 17.4 Å². The van der Waals surface area contributed by atoms with E-state index in [9.17, 15) is 5.11 Å². The first-order valence-electron chi connectivity index (χ1n) is 4.67. The van der Waals surface area contributed by atoms with Gasteiger partial charge in [-0.05, 0) is 23.8 Å². The predicted octanol–water partition coefficient (Wildman–Crippen LogP) is 1.79. The van der Waals surface area contributed by atoms with Crippen molar-refractivity contribution in [1.82, 2.24) is 9.97 Å². The molecular formula is C11H10ClN3O. The Morgan fingerprint density at radius 2 is 2.00 bits per heavy atom. The van der Waals surface area contributed by atoms with E-state index in [0.29, 0.717) is 16.1 Å². The number of aliphatic hydroxyl groups is 1. The molecule has 0 aromatic carbocycles. The molecule has 2 rings (SSSR count). The van der Waals surface area contributed by atoms with Crippen LogP contribution in [0.3, 0.4) is 0 Å². The molecule has 1 unspecified atom stereocenters. The first-order chi connectivity index (χ1) is 7.68. The quantitative estimate of drug-likeness (QED) is 0.833. The lowest BCUT2D eigenvalue weighted by molar-refractivity contribution is 0.220. The molecule has 3 N–H and O–H groups in total. The summed E-state index contributed by atoms with van der Waals surface area (Å²) in [7, 11) is 0. The van der Waals surface area contributed by atoms with Crippen molar-refractivity contribution in [2.45, 2.75) is 6.10 Å². The summed E-state index contributed by atoms with van der Waals surface area (Å²) in [5.41, 5.74) is 6.88. The van der Waals surface area contributed by atoms with Crippen LogP contribution in [0, 0.1) is 0 Å². The van der Waals surface area contributed by atoms with E-state index in [1.165, 1.54) is 6.20 Å². The molecule has 1 atom stereocenters. The van der Waals surface area contributed by atoms with Crippen LogP contribution >= 0.6 is 11.6 Å². The van der Waals surface area contributed by atoms with Crippen molar-refractivity contribution in [2.24, 2.45) is 0 Å². The number of nitrogen functional groups attached to an aromatic ring is 1. The molecule has 0 aliphatic rings. The van der Waals surface area contributed by atoms with E-state index in [4.69, 9.17) is 17.3 Å². The molecule has 0 radical (unpaired) electrons. The number of pyridine rings is 2. The lowest BCUT2D eigenvalue weighted by Crippen LogP contribution is -2.05. The summed E-state index contributed by atoms with van der Waals surface area (Å²) < 4.78 is 0. The molecule has 2 heterocycles. The van der Waals surface area contributed by atoms with Gasteiger partial charge in [0.05, 0.1) is 5.02 Å². The largest absolute Gasteiger partial charge is 0.384 e. The summed E-state index contributed by atoms with van der Waals surface area (Å²) in [6.45, 7) is 0. The van der Waals surface area contributed by atoms with Gasteiger partial charge in [0.15, 0.2) is 0 Å². The summed E-state index contributed by atoms with van der Waals surface area (Å²) in [5.74, 6) is 0.272.